The van der Waals surface area contributed by atoms with Gasteiger partial charge in [0.1, 0.15) is 0 Å². The second-order valence-electron chi connectivity index (χ2n) is 5.02. The standard InChI is InChI=1S/C12H20ClN3O2/c13-4-3-11(17)14-12(18)16-7-5-15(6-8-16)9-10-1-2-10/h10H,1-9H2,(H,14,17,18). The van der Waals surface area contributed by atoms with E-state index in [0.717, 1.165) is 19.0 Å². The topological polar surface area (TPSA) is 52.7 Å². The van der Waals surface area contributed by atoms with Crippen molar-refractivity contribution in [3.63, 3.8) is 0 Å². The van der Waals surface area contributed by atoms with Crippen LogP contribution in [0.25, 0.3) is 0 Å². The minimum Gasteiger partial charge on any atom is -0.322 e. The molecule has 1 aliphatic carbocycles. The van der Waals surface area contributed by atoms with Crippen LogP contribution in [0.4, 0.5) is 4.79 Å². The molecule has 0 unspecified atom stereocenters. The smallest absolute Gasteiger partial charge is 0.322 e. The molecule has 6 heteroatoms. The van der Waals surface area contributed by atoms with E-state index >= 15 is 0 Å². The first kappa shape index (κ1) is 13.6. The summed E-state index contributed by atoms with van der Waals surface area (Å²) >= 11 is 5.45. The molecule has 3 amide bonds. The average molecular weight is 274 g/mol. The third-order valence-electron chi connectivity index (χ3n) is 3.44. The van der Waals surface area contributed by atoms with Gasteiger partial charge in [0.05, 0.1) is 0 Å². The van der Waals surface area contributed by atoms with Crippen LogP contribution in [0.1, 0.15) is 19.3 Å². The van der Waals surface area contributed by atoms with Crippen LogP contribution in [0, 0.1) is 5.92 Å². The molecule has 0 bridgehead atoms. The number of hydrogen-bond donors (Lipinski definition) is 1. The van der Waals surface area contributed by atoms with Crippen LogP contribution in [0.5, 0.6) is 0 Å². The van der Waals surface area contributed by atoms with Gasteiger partial charge in [0, 0.05) is 45.0 Å². The Balaban J connectivity index is 1.67. The molecular formula is C12H20ClN3O2. The highest BCUT2D eigenvalue weighted by Gasteiger charge is 2.27. The van der Waals surface area contributed by atoms with Gasteiger partial charge in [-0.2, -0.15) is 0 Å². The van der Waals surface area contributed by atoms with Crippen LogP contribution in [-0.2, 0) is 4.79 Å². The number of carbonyl (C=O) groups excluding carboxylic acids is 2. The van der Waals surface area contributed by atoms with Gasteiger partial charge in [-0.3, -0.25) is 15.0 Å². The molecule has 2 rings (SSSR count). The zero-order valence-corrected chi connectivity index (χ0v) is 11.3. The van der Waals surface area contributed by atoms with E-state index in [9.17, 15) is 9.59 Å². The van der Waals surface area contributed by atoms with Gasteiger partial charge in [-0.05, 0) is 18.8 Å². The van der Waals surface area contributed by atoms with Crippen molar-refractivity contribution in [2.45, 2.75) is 19.3 Å². The van der Waals surface area contributed by atoms with E-state index in [1.165, 1.54) is 19.4 Å². The van der Waals surface area contributed by atoms with E-state index in [2.05, 4.69) is 10.2 Å². The van der Waals surface area contributed by atoms with Crippen molar-refractivity contribution in [3.05, 3.63) is 0 Å². The number of halogens is 1. The van der Waals surface area contributed by atoms with Crippen LogP contribution in [0.15, 0.2) is 0 Å². The second-order valence-corrected chi connectivity index (χ2v) is 5.40. The minimum absolute atomic E-state index is 0.189. The Morgan fingerprint density at radius 3 is 2.39 bits per heavy atom. The molecule has 1 saturated carbocycles. The number of amides is 3. The number of nitrogens with zero attached hydrogens (tertiary/aromatic N) is 2. The van der Waals surface area contributed by atoms with Crippen LogP contribution < -0.4 is 5.32 Å². The lowest BCUT2D eigenvalue weighted by atomic mass is 10.3. The normalized spacial score (nSPS) is 20.8. The molecule has 18 heavy (non-hydrogen) atoms. The number of hydrogen-bond acceptors (Lipinski definition) is 3. The molecule has 0 radical (unpaired) electrons. The number of alkyl halides is 1. The SMILES string of the molecule is O=C(CCCl)NC(=O)N1CCN(CC2CC2)CC1. The number of urea groups is 1. The van der Waals surface area contributed by atoms with Crippen molar-refractivity contribution in [1.29, 1.82) is 0 Å². The van der Waals surface area contributed by atoms with Crippen molar-refractivity contribution >= 4 is 23.5 Å². The van der Waals surface area contributed by atoms with Crippen molar-refractivity contribution in [2.75, 3.05) is 38.6 Å². The summed E-state index contributed by atoms with van der Waals surface area (Å²) in [5, 5.41) is 2.36. The summed E-state index contributed by atoms with van der Waals surface area (Å²) < 4.78 is 0. The molecule has 0 spiro atoms. The summed E-state index contributed by atoms with van der Waals surface area (Å²) in [7, 11) is 0. The fourth-order valence-electron chi connectivity index (χ4n) is 2.15. The Morgan fingerprint density at radius 2 is 1.83 bits per heavy atom. The molecule has 1 saturated heterocycles. The lowest BCUT2D eigenvalue weighted by Gasteiger charge is -2.34. The molecule has 0 aromatic rings. The highest BCUT2D eigenvalue weighted by Crippen LogP contribution is 2.29. The lowest BCUT2D eigenvalue weighted by Crippen LogP contribution is -2.53. The van der Waals surface area contributed by atoms with Crippen LogP contribution in [-0.4, -0.2) is 60.3 Å². The molecule has 0 atom stereocenters. The number of carbonyl (C=O) groups is 2. The third-order valence-corrected chi connectivity index (χ3v) is 3.63. The Hall–Kier alpha value is -0.810. The van der Waals surface area contributed by atoms with E-state index in [-0.39, 0.29) is 24.2 Å². The van der Waals surface area contributed by atoms with Gasteiger partial charge < -0.3 is 4.90 Å². The van der Waals surface area contributed by atoms with Crippen molar-refractivity contribution in [1.82, 2.24) is 15.1 Å². The Labute approximate surface area is 112 Å². The summed E-state index contributed by atoms with van der Waals surface area (Å²) in [6.45, 7) is 4.39. The van der Waals surface area contributed by atoms with Crippen LogP contribution in [0.2, 0.25) is 0 Å². The van der Waals surface area contributed by atoms with Crippen molar-refractivity contribution in [3.8, 4) is 0 Å². The summed E-state index contributed by atoms with van der Waals surface area (Å²) in [5.74, 6) is 0.833. The third kappa shape index (κ3) is 4.14. The summed E-state index contributed by atoms with van der Waals surface area (Å²) in [4.78, 5) is 27.1. The molecular weight excluding hydrogens is 254 g/mol. The fraction of sp³-hybridized carbons (Fsp3) is 0.833. The van der Waals surface area contributed by atoms with E-state index in [4.69, 9.17) is 11.6 Å². The van der Waals surface area contributed by atoms with Crippen molar-refractivity contribution < 1.29 is 9.59 Å². The maximum Gasteiger partial charge on any atom is 0.324 e. The number of piperazine rings is 1. The van der Waals surface area contributed by atoms with E-state index in [1.807, 2.05) is 0 Å². The summed E-state index contributed by atoms with van der Waals surface area (Å²) in [6, 6.07) is -0.281. The Kier molecular flexibility index (Phi) is 4.83. The molecule has 0 aromatic heterocycles. The maximum atomic E-state index is 11.8. The monoisotopic (exact) mass is 273 g/mol. The van der Waals surface area contributed by atoms with Gasteiger partial charge in [-0.15, -0.1) is 11.6 Å². The van der Waals surface area contributed by atoms with E-state index in [0.29, 0.717) is 13.1 Å². The number of nitrogens with one attached hydrogen (secondary N) is 1. The summed E-state index contributed by atoms with van der Waals surface area (Å²) in [5.41, 5.74) is 0. The van der Waals surface area contributed by atoms with Gasteiger partial charge in [-0.25, -0.2) is 4.79 Å². The first-order chi connectivity index (χ1) is 8.69. The summed E-state index contributed by atoms with van der Waals surface area (Å²) in [6.07, 6.45) is 2.90. The van der Waals surface area contributed by atoms with Gasteiger partial charge >= 0.3 is 6.03 Å². The molecule has 2 aliphatic rings. The first-order valence-corrected chi connectivity index (χ1v) is 7.09. The molecule has 102 valence electrons. The molecule has 0 aromatic carbocycles. The van der Waals surface area contributed by atoms with E-state index in [1.54, 1.807) is 4.90 Å². The van der Waals surface area contributed by atoms with Crippen LogP contribution in [0.3, 0.4) is 0 Å². The molecule has 2 fully saturated rings. The molecule has 5 nitrogen and oxygen atoms in total. The zero-order chi connectivity index (χ0) is 13.0. The second kappa shape index (κ2) is 6.38. The van der Waals surface area contributed by atoms with Crippen LogP contribution >= 0.6 is 11.6 Å². The van der Waals surface area contributed by atoms with Crippen molar-refractivity contribution in [2.24, 2.45) is 5.92 Å². The average Bonchev–Trinajstić information content (AvgIpc) is 3.14. The Morgan fingerprint density at radius 1 is 1.17 bits per heavy atom. The predicted molar refractivity (Wildman–Crippen MR) is 69.6 cm³/mol. The maximum absolute atomic E-state index is 11.8. The highest BCUT2D eigenvalue weighted by molar-refractivity contribution is 6.19. The molecule has 1 aliphatic heterocycles. The van der Waals surface area contributed by atoms with Gasteiger partial charge in [0.25, 0.3) is 0 Å². The first-order valence-electron chi connectivity index (χ1n) is 6.56. The predicted octanol–water partition coefficient (Wildman–Crippen LogP) is 0.879. The molecule has 1 heterocycles. The number of imide groups is 1. The van der Waals surface area contributed by atoms with Gasteiger partial charge in [-0.1, -0.05) is 0 Å². The van der Waals surface area contributed by atoms with Gasteiger partial charge in [0.15, 0.2) is 0 Å². The highest BCUT2D eigenvalue weighted by atomic mass is 35.5. The quantitative estimate of drug-likeness (QED) is 0.774. The lowest BCUT2D eigenvalue weighted by molar-refractivity contribution is -0.119. The molecule has 1 N–H and O–H groups in total. The fourth-order valence-corrected chi connectivity index (χ4v) is 2.32. The largest absolute Gasteiger partial charge is 0.324 e. The van der Waals surface area contributed by atoms with Gasteiger partial charge in [0.2, 0.25) is 5.91 Å². The zero-order valence-electron chi connectivity index (χ0n) is 10.5. The van der Waals surface area contributed by atoms with E-state index < -0.39 is 0 Å². The minimum atomic E-state index is -0.296. The Bertz CT molecular complexity index is 312. The number of rotatable bonds is 4.